The quantitative estimate of drug-likeness (QED) is 0.842. The minimum atomic E-state index is 0.628. The summed E-state index contributed by atoms with van der Waals surface area (Å²) in [5, 5.41) is 0. The van der Waals surface area contributed by atoms with E-state index in [0.29, 0.717) is 6.54 Å². The first-order valence-electron chi connectivity index (χ1n) is 6.67. The second kappa shape index (κ2) is 6.17. The molecule has 1 aliphatic heterocycles. The smallest absolute Gasteiger partial charge is 0.194 e. The van der Waals surface area contributed by atoms with E-state index in [1.807, 2.05) is 6.20 Å². The molecule has 0 aromatic carbocycles. The van der Waals surface area contributed by atoms with Gasteiger partial charge in [-0.15, -0.1) is 0 Å². The summed E-state index contributed by atoms with van der Waals surface area (Å²) in [5.41, 5.74) is 5.49. The van der Waals surface area contributed by atoms with Crippen LogP contribution in [0.3, 0.4) is 0 Å². The molecule has 0 atom stereocenters. The number of nitrogens with two attached hydrogens (primary N) is 1. The molecule has 0 aliphatic carbocycles. The first-order chi connectivity index (χ1) is 8.31. The highest BCUT2D eigenvalue weighted by molar-refractivity contribution is 4.96. The van der Waals surface area contributed by atoms with Crippen molar-refractivity contribution in [2.45, 2.75) is 32.6 Å². The van der Waals surface area contributed by atoms with Crippen molar-refractivity contribution in [3.8, 4) is 0 Å². The molecule has 1 fully saturated rings. The van der Waals surface area contributed by atoms with Crippen molar-refractivity contribution in [1.82, 2.24) is 9.88 Å². The van der Waals surface area contributed by atoms with Crippen LogP contribution in [0.15, 0.2) is 10.6 Å². The lowest BCUT2D eigenvalue weighted by atomic mass is 9.93. The number of aromatic nitrogens is 1. The van der Waals surface area contributed by atoms with Crippen molar-refractivity contribution in [2.24, 2.45) is 11.7 Å². The summed E-state index contributed by atoms with van der Waals surface area (Å²) < 4.78 is 5.68. The molecule has 0 radical (unpaired) electrons. The molecule has 0 unspecified atom stereocenters. The van der Waals surface area contributed by atoms with E-state index >= 15 is 0 Å². The second-order valence-corrected chi connectivity index (χ2v) is 4.84. The first-order valence-corrected chi connectivity index (χ1v) is 6.67. The Bertz CT molecular complexity index is 329. The van der Waals surface area contributed by atoms with Gasteiger partial charge in [-0.3, -0.25) is 0 Å². The highest BCUT2D eigenvalue weighted by Crippen LogP contribution is 2.21. The number of rotatable bonds is 5. The number of piperidine rings is 1. The minimum Gasteiger partial charge on any atom is -0.446 e. The van der Waals surface area contributed by atoms with E-state index in [1.54, 1.807) is 0 Å². The second-order valence-electron chi connectivity index (χ2n) is 4.84. The zero-order valence-electron chi connectivity index (χ0n) is 10.7. The van der Waals surface area contributed by atoms with Crippen molar-refractivity contribution >= 4 is 0 Å². The van der Waals surface area contributed by atoms with Gasteiger partial charge >= 0.3 is 0 Å². The van der Waals surface area contributed by atoms with Crippen molar-refractivity contribution in [1.29, 1.82) is 0 Å². The third-order valence-electron chi connectivity index (χ3n) is 3.61. The Balaban J connectivity index is 1.80. The van der Waals surface area contributed by atoms with Gasteiger partial charge in [-0.25, -0.2) is 4.98 Å². The van der Waals surface area contributed by atoms with Crippen molar-refractivity contribution in [2.75, 3.05) is 26.2 Å². The molecule has 2 rings (SSSR count). The molecule has 1 aliphatic rings. The zero-order valence-corrected chi connectivity index (χ0v) is 10.7. The van der Waals surface area contributed by atoms with Crippen LogP contribution in [-0.4, -0.2) is 36.1 Å². The SMILES string of the molecule is CCN1CCC(Cc2ncc(CCN)o2)CC1. The minimum absolute atomic E-state index is 0.628. The van der Waals surface area contributed by atoms with Gasteiger partial charge < -0.3 is 15.1 Å². The fourth-order valence-corrected chi connectivity index (χ4v) is 2.45. The molecule has 96 valence electrons. The van der Waals surface area contributed by atoms with Crippen LogP contribution in [-0.2, 0) is 12.8 Å². The molecule has 2 heterocycles. The van der Waals surface area contributed by atoms with Crippen LogP contribution in [0, 0.1) is 5.92 Å². The molecule has 4 nitrogen and oxygen atoms in total. The monoisotopic (exact) mass is 237 g/mol. The highest BCUT2D eigenvalue weighted by Gasteiger charge is 2.20. The van der Waals surface area contributed by atoms with Crippen LogP contribution in [0.25, 0.3) is 0 Å². The van der Waals surface area contributed by atoms with Gasteiger partial charge in [0.2, 0.25) is 0 Å². The van der Waals surface area contributed by atoms with Crippen LogP contribution in [0.4, 0.5) is 0 Å². The summed E-state index contributed by atoms with van der Waals surface area (Å²) in [6, 6.07) is 0. The molecule has 17 heavy (non-hydrogen) atoms. The van der Waals surface area contributed by atoms with Gasteiger partial charge in [0.25, 0.3) is 0 Å². The van der Waals surface area contributed by atoms with E-state index in [2.05, 4.69) is 16.8 Å². The number of hydrogen-bond acceptors (Lipinski definition) is 4. The van der Waals surface area contributed by atoms with E-state index in [0.717, 1.165) is 30.4 Å². The summed E-state index contributed by atoms with van der Waals surface area (Å²) in [7, 11) is 0. The predicted molar refractivity (Wildman–Crippen MR) is 67.8 cm³/mol. The van der Waals surface area contributed by atoms with E-state index in [-0.39, 0.29) is 0 Å². The maximum absolute atomic E-state index is 5.68. The molecule has 0 amide bonds. The molecule has 1 aromatic heterocycles. The van der Waals surface area contributed by atoms with E-state index in [4.69, 9.17) is 10.2 Å². The van der Waals surface area contributed by atoms with Crippen molar-refractivity contribution in [3.63, 3.8) is 0 Å². The van der Waals surface area contributed by atoms with Crippen LogP contribution in [0.5, 0.6) is 0 Å². The van der Waals surface area contributed by atoms with E-state index < -0.39 is 0 Å². The topological polar surface area (TPSA) is 55.3 Å². The largest absolute Gasteiger partial charge is 0.446 e. The lowest BCUT2D eigenvalue weighted by Crippen LogP contribution is -2.34. The lowest BCUT2D eigenvalue weighted by molar-refractivity contribution is 0.186. The van der Waals surface area contributed by atoms with Crippen molar-refractivity contribution in [3.05, 3.63) is 17.8 Å². The average molecular weight is 237 g/mol. The number of likely N-dealkylation sites (tertiary alicyclic amines) is 1. The Morgan fingerprint density at radius 2 is 2.24 bits per heavy atom. The third-order valence-corrected chi connectivity index (χ3v) is 3.61. The molecule has 0 saturated carbocycles. The van der Waals surface area contributed by atoms with Crippen LogP contribution in [0.2, 0.25) is 0 Å². The van der Waals surface area contributed by atoms with Gasteiger partial charge in [-0.05, 0) is 44.9 Å². The Kier molecular flexibility index (Phi) is 4.57. The molecular formula is C13H23N3O. The number of hydrogen-bond donors (Lipinski definition) is 1. The number of nitrogens with zero attached hydrogens (tertiary/aromatic N) is 2. The van der Waals surface area contributed by atoms with Crippen molar-refractivity contribution < 1.29 is 4.42 Å². The van der Waals surface area contributed by atoms with E-state index in [1.165, 1.54) is 32.5 Å². The van der Waals surface area contributed by atoms with Gasteiger partial charge in [0.05, 0.1) is 6.20 Å². The zero-order chi connectivity index (χ0) is 12.1. The van der Waals surface area contributed by atoms with Gasteiger partial charge in [0.1, 0.15) is 5.76 Å². The molecular weight excluding hydrogens is 214 g/mol. The molecule has 1 aromatic rings. The van der Waals surface area contributed by atoms with Gasteiger partial charge in [0, 0.05) is 12.8 Å². The standard InChI is InChI=1S/C13H23N3O/c1-2-16-7-4-11(5-8-16)9-13-15-10-12(17-13)3-6-14/h10-11H,2-9,14H2,1H3. The summed E-state index contributed by atoms with van der Waals surface area (Å²) >= 11 is 0. The fourth-order valence-electron chi connectivity index (χ4n) is 2.45. The van der Waals surface area contributed by atoms with Crippen LogP contribution < -0.4 is 5.73 Å². The third kappa shape index (κ3) is 3.54. The lowest BCUT2D eigenvalue weighted by Gasteiger charge is -2.30. The normalized spacial score (nSPS) is 18.7. The molecule has 4 heteroatoms. The van der Waals surface area contributed by atoms with Gasteiger partial charge in [-0.1, -0.05) is 6.92 Å². The number of oxazole rings is 1. The fraction of sp³-hybridized carbons (Fsp3) is 0.769. The van der Waals surface area contributed by atoms with Crippen LogP contribution >= 0.6 is 0 Å². The summed E-state index contributed by atoms with van der Waals surface area (Å²) in [4.78, 5) is 6.84. The highest BCUT2D eigenvalue weighted by atomic mass is 16.4. The molecule has 2 N–H and O–H groups in total. The Morgan fingerprint density at radius 3 is 2.88 bits per heavy atom. The Labute approximate surface area is 103 Å². The van der Waals surface area contributed by atoms with Gasteiger partial charge in [-0.2, -0.15) is 0 Å². The molecule has 1 saturated heterocycles. The molecule has 0 bridgehead atoms. The maximum Gasteiger partial charge on any atom is 0.194 e. The van der Waals surface area contributed by atoms with E-state index in [9.17, 15) is 0 Å². The van der Waals surface area contributed by atoms with Gasteiger partial charge in [0.15, 0.2) is 5.89 Å². The summed E-state index contributed by atoms with van der Waals surface area (Å²) in [6.45, 7) is 6.47. The Hall–Kier alpha value is -0.870. The molecule has 0 spiro atoms. The average Bonchev–Trinajstić information content (AvgIpc) is 2.78. The van der Waals surface area contributed by atoms with Crippen LogP contribution in [0.1, 0.15) is 31.4 Å². The summed E-state index contributed by atoms with van der Waals surface area (Å²) in [6.07, 6.45) is 6.14. The maximum atomic E-state index is 5.68. The Morgan fingerprint density at radius 1 is 1.47 bits per heavy atom. The predicted octanol–water partition coefficient (Wildman–Crippen LogP) is 1.45. The first kappa shape index (κ1) is 12.6. The summed E-state index contributed by atoms with van der Waals surface area (Å²) in [5.74, 6) is 2.55.